The Balaban J connectivity index is 3.96. The number of esters is 3. The second-order valence-electron chi connectivity index (χ2n) is 21.6. The van der Waals surface area contributed by atoms with Crippen LogP contribution in [0.1, 0.15) is 329 Å². The Kier molecular flexibility index (Phi) is 60.7. The number of carbonyl (C=O) groups is 3. The van der Waals surface area contributed by atoms with Crippen molar-refractivity contribution in [2.24, 2.45) is 0 Å². The smallest absolute Gasteiger partial charge is 0.306 e. The number of ether oxygens (including phenoxy) is 3. The highest BCUT2D eigenvalue weighted by atomic mass is 16.6. The summed E-state index contributed by atoms with van der Waals surface area (Å²) < 4.78 is 16.8. The molecule has 0 aliphatic heterocycles. The highest BCUT2D eigenvalue weighted by Gasteiger charge is 2.19. The maximum Gasteiger partial charge on any atom is 0.306 e. The fourth-order valence-corrected chi connectivity index (χ4v) is 9.35. The number of hydrogen-bond acceptors (Lipinski definition) is 6. The predicted octanol–water partition coefficient (Wildman–Crippen LogP) is 22.1. The van der Waals surface area contributed by atoms with E-state index in [1.807, 2.05) is 0 Å². The molecule has 75 heavy (non-hydrogen) atoms. The Bertz CT molecular complexity index is 1390. The molecule has 434 valence electrons. The van der Waals surface area contributed by atoms with Gasteiger partial charge in [-0.2, -0.15) is 0 Å². The van der Waals surface area contributed by atoms with Gasteiger partial charge < -0.3 is 14.2 Å². The molecule has 0 heterocycles. The summed E-state index contributed by atoms with van der Waals surface area (Å²) in [7, 11) is 0. The third-order valence-corrected chi connectivity index (χ3v) is 14.2. The quantitative estimate of drug-likeness (QED) is 0.0261. The Hall–Kier alpha value is -3.15. The van der Waals surface area contributed by atoms with E-state index in [0.717, 1.165) is 83.5 Å². The van der Waals surface area contributed by atoms with Crippen molar-refractivity contribution in [1.29, 1.82) is 0 Å². The summed E-state index contributed by atoms with van der Waals surface area (Å²) in [5.74, 6) is -0.926. The normalized spacial score (nSPS) is 12.5. The minimum Gasteiger partial charge on any atom is -0.462 e. The van der Waals surface area contributed by atoms with Crippen LogP contribution in [0.4, 0.5) is 0 Å². The van der Waals surface area contributed by atoms with Gasteiger partial charge in [-0.25, -0.2) is 0 Å². The molecule has 0 aliphatic carbocycles. The molecule has 0 bridgehead atoms. The molecule has 0 radical (unpaired) electrons. The molecule has 0 saturated heterocycles. The van der Waals surface area contributed by atoms with Gasteiger partial charge in [-0.05, 0) is 89.9 Å². The van der Waals surface area contributed by atoms with E-state index in [9.17, 15) is 14.4 Å². The first-order valence-corrected chi connectivity index (χ1v) is 32.4. The van der Waals surface area contributed by atoms with Crippen molar-refractivity contribution in [2.75, 3.05) is 13.2 Å². The standard InChI is InChI=1S/C69H122O6/c1-4-7-10-13-16-18-20-22-24-25-26-27-28-29-30-31-32-33-34-35-36-37-38-39-40-41-42-43-45-46-48-50-53-56-59-62-68(71)74-65-66(64-73-67(70)61-58-55-52-15-12-9-6-3)75-69(72)63-60-57-54-51-49-47-44-23-21-19-17-14-11-8-5-2/h8,11,17,19-20,22-23,25-26,44,49,51,66H,4-7,9-10,12-16,18,21,24,27-43,45-48,50,52-65H2,1-3H3/b11-8-,19-17-,22-20-,26-25-,44-23-,51-49-. The van der Waals surface area contributed by atoms with E-state index in [1.165, 1.54) is 199 Å². The SMILES string of the molecule is CC/C=C\C/C=C\C/C=C\C/C=C\CCCCC(=O)OC(COC(=O)CCCCCCCCC)COC(=O)CCCCCCCCCCCCCCCCCCCCCCCCC/C=C\C/C=C\CCCCCCC. The van der Waals surface area contributed by atoms with E-state index in [2.05, 4.69) is 93.7 Å². The van der Waals surface area contributed by atoms with Gasteiger partial charge in [-0.1, -0.05) is 293 Å². The zero-order chi connectivity index (χ0) is 54.3. The molecule has 0 N–H and O–H groups in total. The molecule has 0 spiro atoms. The number of carbonyl (C=O) groups excluding carboxylic acids is 3. The lowest BCUT2D eigenvalue weighted by Crippen LogP contribution is -2.30. The summed E-state index contributed by atoms with van der Waals surface area (Å²) in [6.45, 7) is 6.46. The molecule has 1 unspecified atom stereocenters. The van der Waals surface area contributed by atoms with Gasteiger partial charge in [-0.15, -0.1) is 0 Å². The van der Waals surface area contributed by atoms with Crippen LogP contribution in [0.15, 0.2) is 72.9 Å². The summed E-state index contributed by atoms with van der Waals surface area (Å²) in [5, 5.41) is 0. The third-order valence-electron chi connectivity index (χ3n) is 14.2. The van der Waals surface area contributed by atoms with Crippen molar-refractivity contribution in [3.8, 4) is 0 Å². The van der Waals surface area contributed by atoms with Crippen LogP contribution in [0.2, 0.25) is 0 Å². The Morgan fingerprint density at radius 1 is 0.280 bits per heavy atom. The fourth-order valence-electron chi connectivity index (χ4n) is 9.35. The van der Waals surface area contributed by atoms with E-state index in [0.29, 0.717) is 19.3 Å². The van der Waals surface area contributed by atoms with Crippen LogP contribution >= 0.6 is 0 Å². The summed E-state index contributed by atoms with van der Waals surface area (Å²) in [5.41, 5.74) is 0. The lowest BCUT2D eigenvalue weighted by atomic mass is 10.0. The lowest BCUT2D eigenvalue weighted by molar-refractivity contribution is -0.167. The molecule has 6 heteroatoms. The number of allylic oxidation sites excluding steroid dienone is 12. The molecule has 1 atom stereocenters. The number of rotatable bonds is 59. The first-order chi connectivity index (χ1) is 37.0. The van der Waals surface area contributed by atoms with Crippen molar-refractivity contribution in [1.82, 2.24) is 0 Å². The zero-order valence-electron chi connectivity index (χ0n) is 49.8. The molecule has 0 aliphatic rings. The van der Waals surface area contributed by atoms with E-state index in [1.54, 1.807) is 0 Å². The second-order valence-corrected chi connectivity index (χ2v) is 21.6. The number of hydrogen-bond donors (Lipinski definition) is 0. The van der Waals surface area contributed by atoms with Gasteiger partial charge in [0.1, 0.15) is 13.2 Å². The summed E-state index contributed by atoms with van der Waals surface area (Å²) in [6, 6.07) is 0. The van der Waals surface area contributed by atoms with Crippen molar-refractivity contribution in [3.63, 3.8) is 0 Å². The molecule has 0 amide bonds. The highest BCUT2D eigenvalue weighted by molar-refractivity contribution is 5.71. The molecule has 0 aromatic heterocycles. The maximum atomic E-state index is 12.8. The van der Waals surface area contributed by atoms with Crippen molar-refractivity contribution < 1.29 is 28.6 Å². The van der Waals surface area contributed by atoms with Gasteiger partial charge in [0.2, 0.25) is 0 Å². The Morgan fingerprint density at radius 2 is 0.520 bits per heavy atom. The lowest BCUT2D eigenvalue weighted by Gasteiger charge is -2.18. The number of unbranched alkanes of at least 4 members (excludes halogenated alkanes) is 36. The predicted molar refractivity (Wildman–Crippen MR) is 325 cm³/mol. The molecule has 0 aromatic rings. The second kappa shape index (κ2) is 63.4. The summed E-state index contributed by atoms with van der Waals surface area (Å²) in [6.07, 6.45) is 82.6. The van der Waals surface area contributed by atoms with Crippen LogP contribution < -0.4 is 0 Å². The van der Waals surface area contributed by atoms with Gasteiger partial charge in [-0.3, -0.25) is 14.4 Å². The van der Waals surface area contributed by atoms with Crippen molar-refractivity contribution in [3.05, 3.63) is 72.9 Å². The molecular weight excluding hydrogens is 925 g/mol. The Labute approximate surface area is 465 Å². The van der Waals surface area contributed by atoms with Gasteiger partial charge >= 0.3 is 17.9 Å². The van der Waals surface area contributed by atoms with Crippen LogP contribution in [0.5, 0.6) is 0 Å². The van der Waals surface area contributed by atoms with E-state index >= 15 is 0 Å². The van der Waals surface area contributed by atoms with Gasteiger partial charge in [0.25, 0.3) is 0 Å². The summed E-state index contributed by atoms with van der Waals surface area (Å²) >= 11 is 0. The van der Waals surface area contributed by atoms with Gasteiger partial charge in [0.05, 0.1) is 0 Å². The minimum atomic E-state index is -0.792. The van der Waals surface area contributed by atoms with Crippen molar-refractivity contribution >= 4 is 17.9 Å². The van der Waals surface area contributed by atoms with Gasteiger partial charge in [0.15, 0.2) is 6.10 Å². The van der Waals surface area contributed by atoms with Crippen LogP contribution in [-0.4, -0.2) is 37.2 Å². The topological polar surface area (TPSA) is 78.9 Å². The van der Waals surface area contributed by atoms with E-state index in [-0.39, 0.29) is 37.5 Å². The molecule has 6 nitrogen and oxygen atoms in total. The average molecular weight is 1050 g/mol. The first kappa shape index (κ1) is 71.8. The van der Waals surface area contributed by atoms with Crippen LogP contribution in [-0.2, 0) is 28.6 Å². The highest BCUT2D eigenvalue weighted by Crippen LogP contribution is 2.17. The van der Waals surface area contributed by atoms with Crippen LogP contribution in [0, 0.1) is 0 Å². The van der Waals surface area contributed by atoms with Gasteiger partial charge in [0, 0.05) is 19.3 Å². The van der Waals surface area contributed by atoms with Crippen LogP contribution in [0.25, 0.3) is 0 Å². The molecular formula is C69H122O6. The minimum absolute atomic E-state index is 0.0885. The fraction of sp³-hybridized carbons (Fsp3) is 0.783. The third kappa shape index (κ3) is 61.6. The first-order valence-electron chi connectivity index (χ1n) is 32.4. The van der Waals surface area contributed by atoms with E-state index in [4.69, 9.17) is 14.2 Å². The monoisotopic (exact) mass is 1050 g/mol. The molecule has 0 saturated carbocycles. The van der Waals surface area contributed by atoms with Crippen molar-refractivity contribution in [2.45, 2.75) is 335 Å². The van der Waals surface area contributed by atoms with Crippen LogP contribution in [0.3, 0.4) is 0 Å². The molecule has 0 fully saturated rings. The molecule has 0 rings (SSSR count). The molecule has 0 aromatic carbocycles. The average Bonchev–Trinajstić information content (AvgIpc) is 3.41. The van der Waals surface area contributed by atoms with E-state index < -0.39 is 6.10 Å². The largest absolute Gasteiger partial charge is 0.462 e. The Morgan fingerprint density at radius 3 is 0.840 bits per heavy atom. The maximum absolute atomic E-state index is 12.8. The summed E-state index contributed by atoms with van der Waals surface area (Å²) in [4.78, 5) is 38.0. The zero-order valence-corrected chi connectivity index (χ0v) is 49.8.